The Balaban J connectivity index is 4.20. The molecule has 0 spiro atoms. The van der Waals surface area contributed by atoms with Crippen molar-refractivity contribution in [3.63, 3.8) is 0 Å². The average Bonchev–Trinajstić information content (AvgIpc) is 2.38. The molecule has 0 aromatic rings. The first kappa shape index (κ1) is 19.7. The van der Waals surface area contributed by atoms with Crippen molar-refractivity contribution in [3.8, 4) is 12.3 Å². The normalized spacial score (nSPS) is 11.0. The summed E-state index contributed by atoms with van der Waals surface area (Å²) in [6.07, 6.45) is 5.33. The summed E-state index contributed by atoms with van der Waals surface area (Å²) < 4.78 is 16.0. The molecule has 0 aliphatic heterocycles. The van der Waals surface area contributed by atoms with Crippen LogP contribution in [0.25, 0.3) is 0 Å². The van der Waals surface area contributed by atoms with E-state index < -0.39 is 5.60 Å². The van der Waals surface area contributed by atoms with Crippen LogP contribution in [0.1, 0.15) is 27.2 Å². The zero-order chi connectivity index (χ0) is 16.1. The first-order valence-electron chi connectivity index (χ1n) is 7.17. The molecule has 0 atom stereocenters. The summed E-state index contributed by atoms with van der Waals surface area (Å²) in [5.74, 6) is 2.50. The van der Waals surface area contributed by atoms with Crippen LogP contribution in [-0.4, -0.2) is 62.7 Å². The molecule has 0 rings (SSSR count). The molecule has 2 N–H and O–H groups in total. The number of carbonyl (C=O) groups excluding carboxylic acids is 1. The second-order valence-electron chi connectivity index (χ2n) is 5.43. The van der Waals surface area contributed by atoms with Crippen LogP contribution in [0.5, 0.6) is 0 Å². The maximum absolute atomic E-state index is 12.1. The van der Waals surface area contributed by atoms with E-state index in [1.54, 1.807) is 4.90 Å². The van der Waals surface area contributed by atoms with Gasteiger partial charge in [0.1, 0.15) is 5.60 Å². The molecular weight excluding hydrogens is 272 g/mol. The van der Waals surface area contributed by atoms with Crippen molar-refractivity contribution >= 4 is 6.09 Å². The van der Waals surface area contributed by atoms with E-state index in [9.17, 15) is 4.79 Å². The highest BCUT2D eigenvalue weighted by Crippen LogP contribution is 2.09. The van der Waals surface area contributed by atoms with Crippen LogP contribution in [0.2, 0.25) is 0 Å². The fraction of sp³-hybridized carbons (Fsp3) is 0.800. The third-order valence-electron chi connectivity index (χ3n) is 2.32. The van der Waals surface area contributed by atoms with Crippen LogP contribution < -0.4 is 5.73 Å². The Hall–Kier alpha value is -1.29. The minimum absolute atomic E-state index is 0.376. The van der Waals surface area contributed by atoms with Gasteiger partial charge in [0, 0.05) is 26.1 Å². The fourth-order valence-electron chi connectivity index (χ4n) is 1.39. The monoisotopic (exact) mass is 300 g/mol. The number of nitrogens with two attached hydrogens (primary N) is 1. The van der Waals surface area contributed by atoms with E-state index in [4.69, 9.17) is 26.4 Å². The van der Waals surface area contributed by atoms with Crippen molar-refractivity contribution in [1.29, 1.82) is 0 Å². The lowest BCUT2D eigenvalue weighted by atomic mass is 10.2. The zero-order valence-electron chi connectivity index (χ0n) is 13.4. The molecule has 0 aromatic carbocycles. The average molecular weight is 300 g/mol. The van der Waals surface area contributed by atoms with Gasteiger partial charge in [0.15, 0.2) is 0 Å². The minimum Gasteiger partial charge on any atom is -0.444 e. The Labute approximate surface area is 127 Å². The van der Waals surface area contributed by atoms with Crippen molar-refractivity contribution in [3.05, 3.63) is 0 Å². The standard InChI is InChI=1S/C15H28N2O4/c1-5-6-10-19-12-8-17(9-13-20-11-7-16)14(18)21-15(2,3)4/h1H,6-13,16H2,2-4H3. The summed E-state index contributed by atoms with van der Waals surface area (Å²) in [5, 5.41) is 0. The lowest BCUT2D eigenvalue weighted by molar-refractivity contribution is 0.0105. The van der Waals surface area contributed by atoms with Crippen molar-refractivity contribution in [2.45, 2.75) is 32.8 Å². The van der Waals surface area contributed by atoms with Gasteiger partial charge in [-0.15, -0.1) is 12.3 Å². The number of hydrogen-bond acceptors (Lipinski definition) is 5. The zero-order valence-corrected chi connectivity index (χ0v) is 13.4. The van der Waals surface area contributed by atoms with Crippen molar-refractivity contribution in [1.82, 2.24) is 4.90 Å². The topological polar surface area (TPSA) is 74.0 Å². The Kier molecular flexibility index (Phi) is 10.7. The number of rotatable bonds is 10. The van der Waals surface area contributed by atoms with Gasteiger partial charge in [0.25, 0.3) is 0 Å². The smallest absolute Gasteiger partial charge is 0.410 e. The molecule has 0 heterocycles. The Morgan fingerprint density at radius 1 is 1.14 bits per heavy atom. The minimum atomic E-state index is -0.530. The molecule has 0 saturated heterocycles. The van der Waals surface area contributed by atoms with Gasteiger partial charge in [0.2, 0.25) is 0 Å². The maximum atomic E-state index is 12.1. The van der Waals surface area contributed by atoms with Gasteiger partial charge in [-0.3, -0.25) is 0 Å². The molecule has 122 valence electrons. The highest BCUT2D eigenvalue weighted by molar-refractivity contribution is 5.68. The summed E-state index contributed by atoms with van der Waals surface area (Å²) in [6.45, 7) is 8.62. The summed E-state index contributed by atoms with van der Waals surface area (Å²) in [6, 6.07) is 0. The first-order valence-corrected chi connectivity index (χ1v) is 7.17. The van der Waals surface area contributed by atoms with Crippen LogP contribution >= 0.6 is 0 Å². The Morgan fingerprint density at radius 2 is 1.71 bits per heavy atom. The van der Waals surface area contributed by atoms with Gasteiger partial charge < -0.3 is 24.8 Å². The Bertz CT molecular complexity index is 321. The second kappa shape index (κ2) is 11.4. The molecule has 21 heavy (non-hydrogen) atoms. The lowest BCUT2D eigenvalue weighted by Crippen LogP contribution is -2.40. The second-order valence-corrected chi connectivity index (χ2v) is 5.43. The van der Waals surface area contributed by atoms with Gasteiger partial charge in [-0.05, 0) is 20.8 Å². The number of ether oxygens (including phenoxy) is 3. The molecule has 6 heteroatoms. The van der Waals surface area contributed by atoms with E-state index >= 15 is 0 Å². The predicted octanol–water partition coefficient (Wildman–Crippen LogP) is 1.24. The predicted molar refractivity (Wildman–Crippen MR) is 81.9 cm³/mol. The molecule has 0 unspecified atom stereocenters. The highest BCUT2D eigenvalue weighted by Gasteiger charge is 2.21. The number of nitrogens with zero attached hydrogens (tertiary/aromatic N) is 1. The summed E-state index contributed by atoms with van der Waals surface area (Å²) in [4.78, 5) is 13.6. The Morgan fingerprint density at radius 3 is 2.19 bits per heavy atom. The van der Waals surface area contributed by atoms with E-state index in [1.165, 1.54) is 0 Å². The molecule has 0 bridgehead atoms. The van der Waals surface area contributed by atoms with Gasteiger partial charge in [0.05, 0.1) is 26.4 Å². The SMILES string of the molecule is C#CCCOCCN(CCOCCN)C(=O)OC(C)(C)C. The summed E-state index contributed by atoms with van der Waals surface area (Å²) in [5.41, 5.74) is 4.82. The van der Waals surface area contributed by atoms with Crippen LogP contribution in [0.3, 0.4) is 0 Å². The fourth-order valence-corrected chi connectivity index (χ4v) is 1.39. The van der Waals surface area contributed by atoms with Crippen LogP contribution in [0.4, 0.5) is 4.79 Å². The summed E-state index contributed by atoms with van der Waals surface area (Å²) in [7, 11) is 0. The molecule has 1 amide bonds. The number of carbonyl (C=O) groups is 1. The molecule has 0 aromatic heterocycles. The van der Waals surface area contributed by atoms with Crippen LogP contribution in [0.15, 0.2) is 0 Å². The van der Waals surface area contributed by atoms with Crippen molar-refractivity contribution < 1.29 is 19.0 Å². The third kappa shape index (κ3) is 12.2. The number of amides is 1. The van der Waals surface area contributed by atoms with Crippen LogP contribution in [-0.2, 0) is 14.2 Å². The first-order chi connectivity index (χ1) is 9.90. The summed E-state index contributed by atoms with van der Waals surface area (Å²) >= 11 is 0. The van der Waals surface area contributed by atoms with Crippen molar-refractivity contribution in [2.75, 3.05) is 46.1 Å². The van der Waals surface area contributed by atoms with Gasteiger partial charge in [-0.2, -0.15) is 0 Å². The molecule has 0 saturated carbocycles. The van der Waals surface area contributed by atoms with Gasteiger partial charge >= 0.3 is 6.09 Å². The van der Waals surface area contributed by atoms with E-state index in [-0.39, 0.29) is 6.09 Å². The number of terminal acetylenes is 1. The number of hydrogen-bond donors (Lipinski definition) is 1. The van der Waals surface area contributed by atoms with E-state index in [0.29, 0.717) is 52.5 Å². The largest absolute Gasteiger partial charge is 0.444 e. The maximum Gasteiger partial charge on any atom is 0.410 e. The molecule has 0 aliphatic rings. The van der Waals surface area contributed by atoms with E-state index in [2.05, 4.69) is 5.92 Å². The third-order valence-corrected chi connectivity index (χ3v) is 2.32. The van der Waals surface area contributed by atoms with Gasteiger partial charge in [-0.1, -0.05) is 0 Å². The molecule has 0 radical (unpaired) electrons. The van der Waals surface area contributed by atoms with E-state index in [0.717, 1.165) is 0 Å². The highest BCUT2D eigenvalue weighted by atomic mass is 16.6. The lowest BCUT2D eigenvalue weighted by Gasteiger charge is -2.27. The van der Waals surface area contributed by atoms with Crippen LogP contribution in [0, 0.1) is 12.3 Å². The van der Waals surface area contributed by atoms with Crippen molar-refractivity contribution in [2.24, 2.45) is 5.73 Å². The van der Waals surface area contributed by atoms with E-state index in [1.807, 2.05) is 20.8 Å². The van der Waals surface area contributed by atoms with Gasteiger partial charge in [-0.25, -0.2) is 4.79 Å². The molecule has 0 aliphatic carbocycles. The molecule has 0 fully saturated rings. The molecule has 6 nitrogen and oxygen atoms in total. The molecular formula is C15H28N2O4. The quantitative estimate of drug-likeness (QED) is 0.485.